The van der Waals surface area contributed by atoms with Gasteiger partial charge in [0, 0.05) is 16.1 Å². The molecule has 108 valence electrons. The molecular weight excluding hydrogens is 302 g/mol. The van der Waals surface area contributed by atoms with Crippen molar-refractivity contribution in [2.45, 2.75) is 0 Å². The average Bonchev–Trinajstić information content (AvgIpc) is 3.03. The van der Waals surface area contributed by atoms with E-state index >= 15 is 0 Å². The summed E-state index contributed by atoms with van der Waals surface area (Å²) in [5.41, 5.74) is 1.42. The Morgan fingerprint density at radius 3 is 2.64 bits per heavy atom. The molecule has 0 bridgehead atoms. The molecule has 0 aliphatic rings. The molecule has 0 N–H and O–H groups in total. The highest BCUT2D eigenvalue weighted by Gasteiger charge is 2.17. The highest BCUT2D eigenvalue weighted by molar-refractivity contribution is 6.31. The number of nitrogens with zero attached hydrogens (tertiary/aromatic N) is 3. The van der Waals surface area contributed by atoms with Gasteiger partial charge in [-0.2, -0.15) is 0 Å². The summed E-state index contributed by atoms with van der Waals surface area (Å²) >= 11 is 6.02. The quantitative estimate of drug-likeness (QED) is 0.549. The van der Waals surface area contributed by atoms with E-state index in [1.54, 1.807) is 42.5 Å². The Morgan fingerprint density at radius 1 is 1.14 bits per heavy atom. The van der Waals surface area contributed by atoms with Crippen LogP contribution in [0.1, 0.15) is 26.5 Å². The molecule has 0 atom stereocenters. The van der Waals surface area contributed by atoms with E-state index in [1.165, 1.54) is 10.9 Å². The number of hydrogen-bond donors (Lipinski definition) is 0. The number of halogens is 1. The van der Waals surface area contributed by atoms with Gasteiger partial charge >= 0.3 is 0 Å². The summed E-state index contributed by atoms with van der Waals surface area (Å²) in [4.78, 5) is 23.8. The highest BCUT2D eigenvalue weighted by atomic mass is 35.5. The van der Waals surface area contributed by atoms with Gasteiger partial charge in [-0.3, -0.25) is 14.2 Å². The van der Waals surface area contributed by atoms with Crippen LogP contribution in [-0.2, 0) is 0 Å². The lowest BCUT2D eigenvalue weighted by Crippen LogP contribution is -2.09. The monoisotopic (exact) mass is 311 g/mol. The minimum Gasteiger partial charge on any atom is -0.294 e. The normalized spacial score (nSPS) is 10.4. The van der Waals surface area contributed by atoms with Gasteiger partial charge in [-0.15, -0.1) is 10.2 Å². The van der Waals surface area contributed by atoms with Crippen molar-refractivity contribution in [2.24, 2.45) is 0 Å². The first-order chi connectivity index (χ1) is 10.7. The minimum absolute atomic E-state index is 0.115. The molecule has 1 heterocycles. The molecule has 0 aliphatic carbocycles. The second-order valence-electron chi connectivity index (χ2n) is 4.53. The molecule has 2 aromatic carbocycles. The van der Waals surface area contributed by atoms with Crippen LogP contribution in [0.5, 0.6) is 0 Å². The van der Waals surface area contributed by atoms with Crippen LogP contribution in [0.25, 0.3) is 5.69 Å². The van der Waals surface area contributed by atoms with Gasteiger partial charge in [0.2, 0.25) is 5.82 Å². The zero-order valence-corrected chi connectivity index (χ0v) is 12.1. The number of hydrogen-bond acceptors (Lipinski definition) is 4. The van der Waals surface area contributed by atoms with E-state index in [0.717, 1.165) is 0 Å². The van der Waals surface area contributed by atoms with E-state index < -0.39 is 0 Å². The van der Waals surface area contributed by atoms with E-state index in [2.05, 4.69) is 10.2 Å². The summed E-state index contributed by atoms with van der Waals surface area (Å²) in [7, 11) is 0. The molecule has 1 aromatic heterocycles. The SMILES string of the molecule is O=Cc1nncn1-c1ccc(Cl)cc1C(=O)c1ccccc1. The maximum absolute atomic E-state index is 12.7. The molecule has 0 fully saturated rings. The molecule has 6 heteroatoms. The number of carbonyl (C=O) groups is 2. The summed E-state index contributed by atoms with van der Waals surface area (Å²) in [5, 5.41) is 7.84. The third kappa shape index (κ3) is 2.54. The topological polar surface area (TPSA) is 64.8 Å². The molecule has 0 aliphatic heterocycles. The zero-order chi connectivity index (χ0) is 15.5. The minimum atomic E-state index is -0.191. The fraction of sp³-hybridized carbons (Fsp3) is 0. The molecule has 22 heavy (non-hydrogen) atoms. The maximum Gasteiger partial charge on any atom is 0.201 e. The second kappa shape index (κ2) is 5.91. The van der Waals surface area contributed by atoms with Crippen molar-refractivity contribution in [3.8, 4) is 5.69 Å². The number of benzene rings is 2. The number of carbonyl (C=O) groups excluding carboxylic acids is 2. The number of aldehydes is 1. The Morgan fingerprint density at radius 2 is 1.91 bits per heavy atom. The lowest BCUT2D eigenvalue weighted by atomic mass is 10.0. The molecule has 0 amide bonds. The lowest BCUT2D eigenvalue weighted by Gasteiger charge is -2.10. The van der Waals surface area contributed by atoms with Crippen molar-refractivity contribution in [3.05, 3.63) is 76.8 Å². The predicted molar refractivity (Wildman–Crippen MR) is 81.6 cm³/mol. The molecule has 3 rings (SSSR count). The molecular formula is C16H10ClN3O2. The third-order valence-corrected chi connectivity index (χ3v) is 3.41. The van der Waals surface area contributed by atoms with Crippen molar-refractivity contribution in [2.75, 3.05) is 0 Å². The van der Waals surface area contributed by atoms with Crippen molar-refractivity contribution >= 4 is 23.7 Å². The summed E-state index contributed by atoms with van der Waals surface area (Å²) in [6, 6.07) is 13.7. The van der Waals surface area contributed by atoms with E-state index in [-0.39, 0.29) is 11.6 Å². The summed E-state index contributed by atoms with van der Waals surface area (Å²) in [6.45, 7) is 0. The summed E-state index contributed by atoms with van der Waals surface area (Å²) in [6.07, 6.45) is 1.97. The number of ketones is 1. The van der Waals surface area contributed by atoms with E-state index in [1.807, 2.05) is 6.07 Å². The first-order valence-electron chi connectivity index (χ1n) is 6.45. The second-order valence-corrected chi connectivity index (χ2v) is 4.97. The molecule has 5 nitrogen and oxygen atoms in total. The number of aromatic nitrogens is 3. The molecule has 0 saturated carbocycles. The van der Waals surface area contributed by atoms with Gasteiger partial charge in [-0.1, -0.05) is 41.9 Å². The van der Waals surface area contributed by atoms with Crippen LogP contribution in [0.4, 0.5) is 0 Å². The maximum atomic E-state index is 12.7. The molecule has 0 spiro atoms. The van der Waals surface area contributed by atoms with Crippen LogP contribution < -0.4 is 0 Å². The Balaban J connectivity index is 2.17. The van der Waals surface area contributed by atoms with Gasteiger partial charge in [0.05, 0.1) is 5.69 Å². The van der Waals surface area contributed by atoms with Crippen molar-refractivity contribution in [1.29, 1.82) is 0 Å². The van der Waals surface area contributed by atoms with E-state index in [9.17, 15) is 9.59 Å². The zero-order valence-electron chi connectivity index (χ0n) is 11.3. The van der Waals surface area contributed by atoms with Crippen LogP contribution >= 0.6 is 11.6 Å². The van der Waals surface area contributed by atoms with Crippen LogP contribution in [-0.4, -0.2) is 26.8 Å². The Bertz CT molecular complexity index is 844. The van der Waals surface area contributed by atoms with Gasteiger partial charge < -0.3 is 0 Å². The fourth-order valence-corrected chi connectivity index (χ4v) is 2.33. The summed E-state index contributed by atoms with van der Waals surface area (Å²) < 4.78 is 1.46. The van der Waals surface area contributed by atoms with Crippen LogP contribution in [0.3, 0.4) is 0 Å². The van der Waals surface area contributed by atoms with Crippen molar-refractivity contribution in [1.82, 2.24) is 14.8 Å². The smallest absolute Gasteiger partial charge is 0.201 e. The summed E-state index contributed by atoms with van der Waals surface area (Å²) in [5.74, 6) is -0.0758. The standard InChI is InChI=1S/C16H10ClN3O2/c17-12-6-7-14(20-10-18-19-15(20)9-21)13(8-12)16(22)11-4-2-1-3-5-11/h1-10H. The van der Waals surface area contributed by atoms with Gasteiger partial charge in [-0.05, 0) is 18.2 Å². The third-order valence-electron chi connectivity index (χ3n) is 3.18. The van der Waals surface area contributed by atoms with Crippen molar-refractivity contribution < 1.29 is 9.59 Å². The van der Waals surface area contributed by atoms with E-state index in [4.69, 9.17) is 11.6 Å². The Hall–Kier alpha value is -2.79. The van der Waals surface area contributed by atoms with Gasteiger partial charge in [0.25, 0.3) is 0 Å². The fourth-order valence-electron chi connectivity index (χ4n) is 2.16. The molecule has 0 saturated heterocycles. The largest absolute Gasteiger partial charge is 0.294 e. The van der Waals surface area contributed by atoms with Crippen LogP contribution in [0.2, 0.25) is 5.02 Å². The number of rotatable bonds is 4. The van der Waals surface area contributed by atoms with E-state index in [0.29, 0.717) is 28.1 Å². The molecule has 3 aromatic rings. The molecule has 0 unspecified atom stereocenters. The van der Waals surface area contributed by atoms with Gasteiger partial charge in [-0.25, -0.2) is 0 Å². The van der Waals surface area contributed by atoms with Crippen molar-refractivity contribution in [3.63, 3.8) is 0 Å². The predicted octanol–water partition coefficient (Wildman–Crippen LogP) is 2.96. The Kier molecular flexibility index (Phi) is 3.80. The lowest BCUT2D eigenvalue weighted by molar-refractivity contribution is 0.103. The first kappa shape index (κ1) is 14.2. The van der Waals surface area contributed by atoms with Crippen LogP contribution in [0.15, 0.2) is 54.9 Å². The van der Waals surface area contributed by atoms with Gasteiger partial charge in [0.1, 0.15) is 6.33 Å². The average molecular weight is 312 g/mol. The van der Waals surface area contributed by atoms with Crippen LogP contribution in [0, 0.1) is 0 Å². The van der Waals surface area contributed by atoms with Gasteiger partial charge in [0.15, 0.2) is 12.1 Å². The molecule has 0 radical (unpaired) electrons. The first-order valence-corrected chi connectivity index (χ1v) is 6.83. The highest BCUT2D eigenvalue weighted by Crippen LogP contribution is 2.23. The Labute approximate surface area is 131 Å².